The molecule has 5 rings (SSSR count). The molecule has 1 unspecified atom stereocenters. The fourth-order valence-corrected chi connectivity index (χ4v) is 4.62. The van der Waals surface area contributed by atoms with Crippen LogP contribution in [0, 0.1) is 0 Å². The van der Waals surface area contributed by atoms with Gasteiger partial charge in [-0.15, -0.1) is 0 Å². The van der Waals surface area contributed by atoms with Crippen LogP contribution < -0.4 is 0 Å². The molecule has 2 aromatic rings. The summed E-state index contributed by atoms with van der Waals surface area (Å²) in [4.78, 5) is 24.3. The Morgan fingerprint density at radius 3 is 2.04 bits per heavy atom. The minimum absolute atomic E-state index is 0.115. The van der Waals surface area contributed by atoms with E-state index in [0.29, 0.717) is 6.42 Å². The van der Waals surface area contributed by atoms with Crippen LogP contribution >= 0.6 is 11.6 Å². The molecule has 3 aliphatic rings. The van der Waals surface area contributed by atoms with Crippen molar-refractivity contribution in [3.05, 3.63) is 70.8 Å². The molecule has 0 saturated carbocycles. The van der Waals surface area contributed by atoms with Gasteiger partial charge in [0.05, 0.1) is 0 Å². The number of ether oxygens (including phenoxy) is 1. The van der Waals surface area contributed by atoms with Crippen molar-refractivity contribution in [3.63, 3.8) is 0 Å². The Balaban J connectivity index is 2.07. The van der Waals surface area contributed by atoms with E-state index in [1.807, 2.05) is 48.5 Å². The number of halogens is 1. The molecule has 0 saturated heterocycles. The van der Waals surface area contributed by atoms with Crippen molar-refractivity contribution in [2.24, 2.45) is 0 Å². The molecule has 0 spiro atoms. The summed E-state index contributed by atoms with van der Waals surface area (Å²) < 4.78 is 5.56. The first-order valence-corrected chi connectivity index (χ1v) is 8.00. The maximum absolute atomic E-state index is 12.7. The fourth-order valence-electron chi connectivity index (χ4n) is 4.30. The van der Waals surface area contributed by atoms with Crippen LogP contribution in [0.15, 0.2) is 48.5 Å². The Kier molecular flexibility index (Phi) is 3.10. The minimum atomic E-state index is -1.12. The molecule has 23 heavy (non-hydrogen) atoms. The van der Waals surface area contributed by atoms with Crippen molar-refractivity contribution in [2.75, 3.05) is 0 Å². The molecule has 3 nitrogen and oxygen atoms in total. The quantitative estimate of drug-likeness (QED) is 0.626. The molecule has 0 aliphatic heterocycles. The third-order valence-corrected chi connectivity index (χ3v) is 5.37. The van der Waals surface area contributed by atoms with Gasteiger partial charge in [-0.25, -0.2) is 0 Å². The van der Waals surface area contributed by atoms with E-state index in [2.05, 4.69) is 0 Å². The van der Waals surface area contributed by atoms with Gasteiger partial charge in [0.2, 0.25) is 5.24 Å². The van der Waals surface area contributed by atoms with Gasteiger partial charge in [-0.3, -0.25) is 9.59 Å². The third kappa shape index (κ3) is 1.77. The van der Waals surface area contributed by atoms with Crippen LogP contribution in [0.25, 0.3) is 0 Å². The lowest BCUT2D eigenvalue weighted by Gasteiger charge is -2.51. The smallest absolute Gasteiger partial charge is 0.302 e. The lowest BCUT2D eigenvalue weighted by molar-refractivity contribution is -0.152. The second kappa shape index (κ2) is 4.93. The summed E-state index contributed by atoms with van der Waals surface area (Å²) in [6, 6.07) is 15.7. The number of hydrogen-bond donors (Lipinski definition) is 0. The Bertz CT molecular complexity index is 779. The average molecular weight is 327 g/mol. The van der Waals surface area contributed by atoms with Gasteiger partial charge in [-0.1, -0.05) is 48.5 Å². The molecular weight excluding hydrogens is 312 g/mol. The van der Waals surface area contributed by atoms with E-state index in [-0.39, 0.29) is 5.92 Å². The molecule has 0 aromatic heterocycles. The van der Waals surface area contributed by atoms with Crippen molar-refractivity contribution in [1.29, 1.82) is 0 Å². The van der Waals surface area contributed by atoms with Crippen molar-refractivity contribution in [3.8, 4) is 0 Å². The molecule has 0 radical (unpaired) electrons. The highest BCUT2D eigenvalue weighted by Gasteiger charge is 2.59. The van der Waals surface area contributed by atoms with E-state index in [1.54, 1.807) is 0 Å². The number of carbonyl (C=O) groups is 2. The van der Waals surface area contributed by atoms with Crippen LogP contribution in [0.2, 0.25) is 0 Å². The summed E-state index contributed by atoms with van der Waals surface area (Å²) in [5.41, 5.74) is 2.81. The Morgan fingerprint density at radius 1 is 1.04 bits per heavy atom. The van der Waals surface area contributed by atoms with Gasteiger partial charge in [0.15, 0.2) is 0 Å². The summed E-state index contributed by atoms with van der Waals surface area (Å²) in [5.74, 6) is -0.278. The summed E-state index contributed by atoms with van der Waals surface area (Å²) in [6.07, 6.45) is 0.00583. The zero-order valence-electron chi connectivity index (χ0n) is 12.6. The van der Waals surface area contributed by atoms with Crippen LogP contribution in [0.3, 0.4) is 0 Å². The van der Waals surface area contributed by atoms with E-state index in [0.717, 1.165) is 22.3 Å². The lowest BCUT2D eigenvalue weighted by Crippen LogP contribution is -2.55. The molecule has 2 aromatic carbocycles. The number of carbonyl (C=O) groups excluding carboxylic acids is 2. The number of rotatable bonds is 2. The maximum atomic E-state index is 12.7. The van der Waals surface area contributed by atoms with Crippen molar-refractivity contribution >= 4 is 22.8 Å². The lowest BCUT2D eigenvalue weighted by atomic mass is 9.54. The molecule has 1 atom stereocenters. The van der Waals surface area contributed by atoms with E-state index in [1.165, 1.54) is 6.92 Å². The van der Waals surface area contributed by atoms with Crippen LogP contribution in [0.4, 0.5) is 0 Å². The highest BCUT2D eigenvalue weighted by Crippen LogP contribution is 2.58. The Labute approximate surface area is 139 Å². The van der Waals surface area contributed by atoms with E-state index in [9.17, 15) is 9.59 Å². The average Bonchev–Trinajstić information content (AvgIpc) is 2.54. The SMILES string of the molecule is CC(=O)OC1CC2c3ccccc3C1(C(=O)Cl)c1ccccc12. The first kappa shape index (κ1) is 14.5. The van der Waals surface area contributed by atoms with Crippen LogP contribution in [0.1, 0.15) is 41.5 Å². The number of benzene rings is 2. The zero-order valence-corrected chi connectivity index (χ0v) is 13.3. The number of fused-ring (bicyclic) bond motifs is 1. The van der Waals surface area contributed by atoms with Crippen molar-refractivity contribution < 1.29 is 14.3 Å². The fraction of sp³-hybridized carbons (Fsp3) is 0.263. The molecule has 0 N–H and O–H groups in total. The van der Waals surface area contributed by atoms with E-state index >= 15 is 0 Å². The summed E-state index contributed by atoms with van der Waals surface area (Å²) in [6.45, 7) is 1.37. The highest BCUT2D eigenvalue weighted by molar-refractivity contribution is 6.66. The molecule has 4 heteroatoms. The van der Waals surface area contributed by atoms with Crippen molar-refractivity contribution in [1.82, 2.24) is 0 Å². The van der Waals surface area contributed by atoms with E-state index in [4.69, 9.17) is 16.3 Å². The van der Waals surface area contributed by atoms with Crippen molar-refractivity contribution in [2.45, 2.75) is 30.8 Å². The Hall–Kier alpha value is -2.13. The highest BCUT2D eigenvalue weighted by atomic mass is 35.5. The Morgan fingerprint density at radius 2 is 1.57 bits per heavy atom. The second-order valence-corrected chi connectivity index (χ2v) is 6.49. The van der Waals surface area contributed by atoms with Gasteiger partial charge < -0.3 is 4.74 Å². The maximum Gasteiger partial charge on any atom is 0.302 e. The molecule has 2 bridgehead atoms. The monoisotopic (exact) mass is 326 g/mol. The molecule has 0 amide bonds. The molecule has 0 heterocycles. The second-order valence-electron chi connectivity index (χ2n) is 6.14. The molecular formula is C19H15ClO3. The van der Waals surface area contributed by atoms with Crippen LogP contribution in [0.5, 0.6) is 0 Å². The topological polar surface area (TPSA) is 43.4 Å². The predicted octanol–water partition coefficient (Wildman–Crippen LogP) is 3.52. The van der Waals surface area contributed by atoms with Crippen LogP contribution in [-0.4, -0.2) is 17.3 Å². The first-order chi connectivity index (χ1) is 11.1. The van der Waals surface area contributed by atoms with Gasteiger partial charge in [-0.05, 0) is 40.3 Å². The normalized spacial score (nSPS) is 27.0. The van der Waals surface area contributed by atoms with Gasteiger partial charge in [0, 0.05) is 12.8 Å². The predicted molar refractivity (Wildman–Crippen MR) is 86.5 cm³/mol. The van der Waals surface area contributed by atoms with Crippen LogP contribution in [-0.2, 0) is 19.7 Å². The van der Waals surface area contributed by atoms with E-state index < -0.39 is 22.7 Å². The molecule has 116 valence electrons. The van der Waals surface area contributed by atoms with Gasteiger partial charge in [0.25, 0.3) is 0 Å². The standard InChI is InChI=1S/C19H15ClO3/c1-11(21)23-17-10-14-12-6-2-4-8-15(12)19(17,18(20)22)16-9-5-3-7-13(14)16/h2-9,14,17H,10H2,1H3. The largest absolute Gasteiger partial charge is 0.461 e. The summed E-state index contributed by atoms with van der Waals surface area (Å²) >= 11 is 6.14. The summed E-state index contributed by atoms with van der Waals surface area (Å²) in [5, 5.41) is -0.498. The number of hydrogen-bond acceptors (Lipinski definition) is 3. The van der Waals surface area contributed by atoms with Gasteiger partial charge >= 0.3 is 5.97 Å². The zero-order chi connectivity index (χ0) is 16.2. The van der Waals surface area contributed by atoms with Gasteiger partial charge in [-0.2, -0.15) is 0 Å². The number of esters is 1. The summed E-state index contributed by atoms with van der Waals surface area (Å²) in [7, 11) is 0. The molecule has 0 fully saturated rings. The first-order valence-electron chi connectivity index (χ1n) is 7.62. The third-order valence-electron chi connectivity index (χ3n) is 5.07. The van der Waals surface area contributed by atoms with Gasteiger partial charge in [0.1, 0.15) is 11.5 Å². The minimum Gasteiger partial charge on any atom is -0.461 e. The molecule has 3 aliphatic carbocycles.